The van der Waals surface area contributed by atoms with Crippen molar-refractivity contribution >= 4 is 66.9 Å². The van der Waals surface area contributed by atoms with Gasteiger partial charge in [0.25, 0.3) is 0 Å². The lowest BCUT2D eigenvalue weighted by Gasteiger charge is -2.25. The molecule has 2 heterocycles. The third-order valence-electron chi connectivity index (χ3n) is 12.1. The second-order valence-corrected chi connectivity index (χ2v) is 15.8. The van der Waals surface area contributed by atoms with Gasteiger partial charge in [0.05, 0.1) is 27.8 Å². The first-order valence-electron chi connectivity index (χ1n) is 21.4. The van der Waals surface area contributed by atoms with E-state index in [1.54, 1.807) is 6.20 Å². The van der Waals surface area contributed by atoms with Crippen molar-refractivity contribution < 1.29 is 0 Å². The molecular formula is C58H43N5. The summed E-state index contributed by atoms with van der Waals surface area (Å²) in [6, 6.07) is 78.8. The standard InChI is InChI=1S/C58H43N5/c59-35-37-60-36-34-41-24-31-56(51(38-41)42-14-4-1-5-15-42)63-55-23-13-11-21-50(55)53-40-44(26-33-58(53)63)43-25-32-57-52(39-43)49-20-10-12-22-54(49)62(57)48-29-27-47(28-30-48)61(45-16-6-2-7-17-45)46-18-8-3-9-19-46/h1-33,35-40H,34,59H2/b37-35-,60-36?. The van der Waals surface area contributed by atoms with Gasteiger partial charge in [-0.2, -0.15) is 0 Å². The van der Waals surface area contributed by atoms with Crippen molar-refractivity contribution in [2.45, 2.75) is 6.42 Å². The number of nitrogens with zero attached hydrogens (tertiary/aromatic N) is 4. The summed E-state index contributed by atoms with van der Waals surface area (Å²) in [6.07, 6.45) is 5.67. The Morgan fingerprint density at radius 2 is 0.937 bits per heavy atom. The average Bonchev–Trinajstić information content (AvgIpc) is 3.86. The zero-order valence-electron chi connectivity index (χ0n) is 34.6. The molecule has 0 fully saturated rings. The van der Waals surface area contributed by atoms with Gasteiger partial charge in [0, 0.05) is 74.9 Å². The van der Waals surface area contributed by atoms with Gasteiger partial charge in [-0.25, -0.2) is 0 Å². The molecule has 0 saturated carbocycles. The van der Waals surface area contributed by atoms with Crippen LogP contribution in [0, 0.1) is 0 Å². The van der Waals surface area contributed by atoms with Gasteiger partial charge >= 0.3 is 0 Å². The van der Waals surface area contributed by atoms with Crippen molar-refractivity contribution in [3.05, 3.63) is 236 Å². The van der Waals surface area contributed by atoms with Crippen LogP contribution in [0.2, 0.25) is 0 Å². The van der Waals surface area contributed by atoms with Crippen molar-refractivity contribution in [1.82, 2.24) is 9.13 Å². The summed E-state index contributed by atoms with van der Waals surface area (Å²) >= 11 is 0. The summed E-state index contributed by atoms with van der Waals surface area (Å²) in [5.74, 6) is 0. The third-order valence-corrected chi connectivity index (χ3v) is 12.1. The average molecular weight is 810 g/mol. The molecule has 0 radical (unpaired) electrons. The third kappa shape index (κ3) is 6.82. The molecule has 5 nitrogen and oxygen atoms in total. The Balaban J connectivity index is 1.01. The van der Waals surface area contributed by atoms with Gasteiger partial charge in [-0.3, -0.25) is 4.99 Å². The van der Waals surface area contributed by atoms with E-state index in [1.165, 1.54) is 77.6 Å². The van der Waals surface area contributed by atoms with E-state index in [-0.39, 0.29) is 0 Å². The molecule has 0 atom stereocenters. The van der Waals surface area contributed by atoms with E-state index in [1.807, 2.05) is 6.21 Å². The minimum atomic E-state index is 0.707. The first-order chi connectivity index (χ1) is 31.2. The smallest absolute Gasteiger partial charge is 0.0541 e. The maximum absolute atomic E-state index is 5.52. The van der Waals surface area contributed by atoms with E-state index in [2.05, 4.69) is 237 Å². The summed E-state index contributed by atoms with van der Waals surface area (Å²) in [7, 11) is 0. The number of anilines is 3. The molecule has 0 amide bonds. The number of hydrogen-bond acceptors (Lipinski definition) is 3. The van der Waals surface area contributed by atoms with Crippen LogP contribution in [0.1, 0.15) is 5.56 Å². The first-order valence-corrected chi connectivity index (χ1v) is 21.4. The van der Waals surface area contributed by atoms with E-state index >= 15 is 0 Å². The van der Waals surface area contributed by atoms with Crippen molar-refractivity contribution in [2.75, 3.05) is 4.90 Å². The minimum Gasteiger partial charge on any atom is -0.403 e. The maximum Gasteiger partial charge on any atom is 0.0541 e. The second-order valence-electron chi connectivity index (χ2n) is 15.8. The van der Waals surface area contributed by atoms with Crippen molar-refractivity contribution in [3.63, 3.8) is 0 Å². The Labute approximate surface area is 366 Å². The number of hydrogen-bond donors (Lipinski definition) is 1. The van der Waals surface area contributed by atoms with Crippen LogP contribution in [0.4, 0.5) is 17.1 Å². The van der Waals surface area contributed by atoms with E-state index in [0.717, 1.165) is 28.4 Å². The highest BCUT2D eigenvalue weighted by molar-refractivity contribution is 6.13. The molecule has 0 aliphatic heterocycles. The lowest BCUT2D eigenvalue weighted by Crippen LogP contribution is -2.09. The summed E-state index contributed by atoms with van der Waals surface area (Å²) in [6.45, 7) is 0. The summed E-state index contributed by atoms with van der Waals surface area (Å²) in [4.78, 5) is 6.61. The monoisotopic (exact) mass is 809 g/mol. The van der Waals surface area contributed by atoms with Crippen molar-refractivity contribution in [2.24, 2.45) is 10.7 Å². The largest absolute Gasteiger partial charge is 0.403 e. The summed E-state index contributed by atoms with van der Waals surface area (Å²) in [5, 5.41) is 4.89. The van der Waals surface area contributed by atoms with Crippen LogP contribution in [0.15, 0.2) is 236 Å². The Morgan fingerprint density at radius 1 is 0.429 bits per heavy atom. The molecule has 5 heteroatoms. The van der Waals surface area contributed by atoms with Crippen LogP contribution < -0.4 is 10.6 Å². The first kappa shape index (κ1) is 37.6. The topological polar surface area (TPSA) is 51.5 Å². The molecule has 0 bridgehead atoms. The van der Waals surface area contributed by atoms with Gasteiger partial charge < -0.3 is 19.8 Å². The molecule has 9 aromatic carbocycles. The molecule has 0 aliphatic carbocycles. The lowest BCUT2D eigenvalue weighted by atomic mass is 9.99. The fourth-order valence-electron chi connectivity index (χ4n) is 9.22. The molecule has 0 aliphatic rings. The molecular weight excluding hydrogens is 767 g/mol. The van der Waals surface area contributed by atoms with E-state index in [9.17, 15) is 0 Å². The van der Waals surface area contributed by atoms with Gasteiger partial charge in [-0.05, 0) is 119 Å². The molecule has 0 saturated heterocycles. The Hall–Kier alpha value is -8.41. The van der Waals surface area contributed by atoms with Gasteiger partial charge in [-0.15, -0.1) is 0 Å². The van der Waals surface area contributed by atoms with Crippen molar-refractivity contribution in [1.29, 1.82) is 0 Å². The number of fused-ring (bicyclic) bond motifs is 6. The Kier molecular flexibility index (Phi) is 9.68. The number of rotatable bonds is 10. The van der Waals surface area contributed by atoms with E-state index < -0.39 is 0 Å². The molecule has 300 valence electrons. The predicted octanol–water partition coefficient (Wildman–Crippen LogP) is 14.7. The minimum absolute atomic E-state index is 0.707. The molecule has 0 spiro atoms. The Morgan fingerprint density at radius 3 is 1.54 bits per heavy atom. The molecule has 11 aromatic rings. The highest BCUT2D eigenvalue weighted by Gasteiger charge is 2.19. The summed E-state index contributed by atoms with van der Waals surface area (Å²) in [5.41, 5.74) is 21.7. The molecule has 2 aromatic heterocycles. The molecule has 11 rings (SSSR count). The summed E-state index contributed by atoms with van der Waals surface area (Å²) < 4.78 is 4.82. The number of nitrogens with two attached hydrogens (primary N) is 1. The predicted molar refractivity (Wildman–Crippen MR) is 266 cm³/mol. The van der Waals surface area contributed by atoms with Gasteiger partial charge in [0.15, 0.2) is 0 Å². The van der Waals surface area contributed by atoms with Gasteiger partial charge in [0.1, 0.15) is 0 Å². The highest BCUT2D eigenvalue weighted by atomic mass is 15.1. The SMILES string of the molecule is N/C=C\N=CCc1ccc(-n2c3ccccc3c3cc(-c4ccc5c(c4)c4ccccc4n5-c4ccc(N(c5ccccc5)c5ccccc5)cc4)ccc32)c(-c2ccccc2)c1. The lowest BCUT2D eigenvalue weighted by molar-refractivity contribution is 1.17. The zero-order valence-corrected chi connectivity index (χ0v) is 34.6. The molecule has 2 N–H and O–H groups in total. The van der Waals surface area contributed by atoms with E-state index in [4.69, 9.17) is 5.73 Å². The number of benzene rings is 9. The van der Waals surface area contributed by atoms with Gasteiger partial charge in [-0.1, -0.05) is 121 Å². The zero-order chi connectivity index (χ0) is 42.1. The van der Waals surface area contributed by atoms with Crippen LogP contribution in [-0.2, 0) is 6.42 Å². The van der Waals surface area contributed by atoms with Crippen LogP contribution >= 0.6 is 0 Å². The van der Waals surface area contributed by atoms with Gasteiger partial charge in [0.2, 0.25) is 0 Å². The second kappa shape index (κ2) is 16.2. The normalized spacial score (nSPS) is 11.8. The van der Waals surface area contributed by atoms with Crippen LogP contribution in [0.25, 0.3) is 77.2 Å². The Bertz CT molecular complexity index is 3430. The van der Waals surface area contributed by atoms with Crippen LogP contribution in [0.5, 0.6) is 0 Å². The number of aliphatic imine (C=N–C) groups is 1. The van der Waals surface area contributed by atoms with Crippen LogP contribution in [0.3, 0.4) is 0 Å². The maximum atomic E-state index is 5.52. The van der Waals surface area contributed by atoms with Crippen molar-refractivity contribution in [3.8, 4) is 33.6 Å². The molecule has 0 unspecified atom stereocenters. The molecule has 63 heavy (non-hydrogen) atoms. The van der Waals surface area contributed by atoms with E-state index in [0.29, 0.717) is 6.42 Å². The fraction of sp³-hybridized carbons (Fsp3) is 0.0172. The van der Waals surface area contributed by atoms with Crippen LogP contribution in [-0.4, -0.2) is 15.3 Å². The number of para-hydroxylation sites is 4. The quantitative estimate of drug-likeness (QED) is 0.140. The highest BCUT2D eigenvalue weighted by Crippen LogP contribution is 2.41. The number of aromatic nitrogens is 2. The fourth-order valence-corrected chi connectivity index (χ4v) is 9.22.